The number of ether oxygens (including phenoxy) is 1. The third-order valence-corrected chi connectivity index (χ3v) is 6.33. The Hall–Kier alpha value is -3.06. The first-order valence-corrected chi connectivity index (χ1v) is 10.8. The first-order chi connectivity index (χ1) is 15.1. The number of benzene rings is 1. The molecule has 1 amide bonds. The maximum Gasteiger partial charge on any atom is 0.252 e. The van der Waals surface area contributed by atoms with Crippen LogP contribution >= 0.6 is 0 Å². The number of hydrogen-bond acceptors (Lipinski definition) is 5. The van der Waals surface area contributed by atoms with Gasteiger partial charge in [-0.25, -0.2) is 14.4 Å². The minimum atomic E-state index is -0.385. The lowest BCUT2D eigenvalue weighted by Gasteiger charge is -2.16. The number of nitrogens with one attached hydrogen (secondary N) is 2. The summed E-state index contributed by atoms with van der Waals surface area (Å²) in [4.78, 5) is 22.1. The molecule has 1 saturated carbocycles. The van der Waals surface area contributed by atoms with Crippen LogP contribution in [0.2, 0.25) is 0 Å². The second kappa shape index (κ2) is 8.23. The summed E-state index contributed by atoms with van der Waals surface area (Å²) in [6, 6.07) is 9.90. The number of aromatic nitrogens is 2. The normalized spacial score (nSPS) is 22.5. The van der Waals surface area contributed by atoms with E-state index in [1.807, 2.05) is 13.0 Å². The molecule has 1 aliphatic carbocycles. The van der Waals surface area contributed by atoms with Crippen LogP contribution in [0.5, 0.6) is 5.88 Å². The van der Waals surface area contributed by atoms with E-state index in [0.29, 0.717) is 46.5 Å². The Balaban J connectivity index is 1.48. The molecule has 2 aromatic heterocycles. The number of carbonyl (C=O) groups is 1. The van der Waals surface area contributed by atoms with Crippen molar-refractivity contribution in [3.8, 4) is 17.1 Å². The topological polar surface area (TPSA) is 76.1 Å². The quantitative estimate of drug-likeness (QED) is 0.660. The van der Waals surface area contributed by atoms with E-state index in [1.165, 1.54) is 12.1 Å². The zero-order valence-corrected chi connectivity index (χ0v) is 17.4. The average molecular weight is 420 g/mol. The van der Waals surface area contributed by atoms with Crippen molar-refractivity contribution in [3.05, 3.63) is 54.0 Å². The van der Waals surface area contributed by atoms with Crippen LogP contribution < -0.4 is 15.4 Å². The molecule has 6 nitrogen and oxygen atoms in total. The minimum Gasteiger partial charge on any atom is -0.478 e. The molecule has 0 spiro atoms. The summed E-state index contributed by atoms with van der Waals surface area (Å²) in [7, 11) is 0. The Bertz CT molecular complexity index is 1110. The number of rotatable bonds is 5. The molecule has 1 aromatic carbocycles. The number of pyridine rings is 2. The molecule has 5 rings (SSSR count). The van der Waals surface area contributed by atoms with E-state index < -0.39 is 0 Å². The summed E-state index contributed by atoms with van der Waals surface area (Å²) in [6.45, 7) is 4.49. The molecule has 160 valence electrons. The lowest BCUT2D eigenvalue weighted by molar-refractivity contribution is 0.0938. The number of halogens is 1. The highest BCUT2D eigenvalue weighted by Crippen LogP contribution is 2.35. The number of amides is 1. The zero-order valence-electron chi connectivity index (χ0n) is 17.4. The van der Waals surface area contributed by atoms with Gasteiger partial charge in [0, 0.05) is 35.3 Å². The van der Waals surface area contributed by atoms with E-state index in [0.717, 1.165) is 31.5 Å². The molecule has 3 heterocycles. The Morgan fingerprint density at radius 3 is 2.71 bits per heavy atom. The van der Waals surface area contributed by atoms with Gasteiger partial charge in [0.25, 0.3) is 5.91 Å². The zero-order chi connectivity index (χ0) is 21.4. The summed E-state index contributed by atoms with van der Waals surface area (Å²) in [5.74, 6) is 1.27. The van der Waals surface area contributed by atoms with Gasteiger partial charge in [-0.3, -0.25) is 4.79 Å². The lowest BCUT2D eigenvalue weighted by Crippen LogP contribution is -2.34. The summed E-state index contributed by atoms with van der Waals surface area (Å²) in [5, 5.41) is 7.28. The van der Waals surface area contributed by atoms with E-state index in [-0.39, 0.29) is 17.8 Å². The van der Waals surface area contributed by atoms with Crippen LogP contribution in [0.4, 0.5) is 4.39 Å². The highest BCUT2D eigenvalue weighted by Gasteiger charge is 2.38. The van der Waals surface area contributed by atoms with Crippen LogP contribution in [-0.4, -0.2) is 41.6 Å². The van der Waals surface area contributed by atoms with Crippen molar-refractivity contribution < 1.29 is 13.9 Å². The van der Waals surface area contributed by atoms with Gasteiger partial charge in [0.05, 0.1) is 23.4 Å². The van der Waals surface area contributed by atoms with Gasteiger partial charge >= 0.3 is 0 Å². The van der Waals surface area contributed by atoms with Crippen LogP contribution in [0.3, 0.4) is 0 Å². The van der Waals surface area contributed by atoms with Gasteiger partial charge in [-0.1, -0.05) is 0 Å². The van der Waals surface area contributed by atoms with Crippen molar-refractivity contribution in [2.75, 3.05) is 19.7 Å². The van der Waals surface area contributed by atoms with Crippen molar-refractivity contribution in [1.82, 2.24) is 20.6 Å². The highest BCUT2D eigenvalue weighted by molar-refractivity contribution is 6.07. The van der Waals surface area contributed by atoms with Crippen LogP contribution in [0.25, 0.3) is 22.2 Å². The van der Waals surface area contributed by atoms with Crippen LogP contribution in [0.15, 0.2) is 42.6 Å². The summed E-state index contributed by atoms with van der Waals surface area (Å²) in [6.07, 6.45) is 3.65. The maximum absolute atomic E-state index is 13.9. The van der Waals surface area contributed by atoms with Gasteiger partial charge in [0.2, 0.25) is 5.88 Å². The first kappa shape index (κ1) is 19.9. The molecule has 0 bridgehead atoms. The predicted molar refractivity (Wildman–Crippen MR) is 116 cm³/mol. The SMILES string of the molecule is CCOc1ccc(-c2cc(C(=O)NC3C[C@H]4CNC[C@H]4C3)c3ccc(F)cc3n2)cn1. The maximum atomic E-state index is 13.9. The fourth-order valence-electron chi connectivity index (χ4n) is 4.85. The third-order valence-electron chi connectivity index (χ3n) is 6.33. The molecule has 0 radical (unpaired) electrons. The standard InChI is InChI=1S/C24H25FN4O2/c1-2-31-23-6-3-14(13-27-23)21-10-20(19-5-4-17(25)9-22(19)29-21)24(30)28-18-7-15-11-26-12-16(15)8-18/h3-6,9-10,13,15-16,18,26H,2,7-8,11-12H2,1H3,(H,28,30)/t15-,16+,18?. The van der Waals surface area contributed by atoms with E-state index >= 15 is 0 Å². The molecule has 7 heteroatoms. The average Bonchev–Trinajstić information content (AvgIpc) is 3.35. The number of nitrogens with zero attached hydrogens (tertiary/aromatic N) is 2. The third kappa shape index (κ3) is 3.97. The van der Waals surface area contributed by atoms with E-state index in [4.69, 9.17) is 4.74 Å². The summed E-state index contributed by atoms with van der Waals surface area (Å²) < 4.78 is 19.3. The molecule has 3 aromatic rings. The van der Waals surface area contributed by atoms with Gasteiger partial charge in [-0.15, -0.1) is 0 Å². The fraction of sp³-hybridized carbons (Fsp3) is 0.375. The molecule has 2 fully saturated rings. The molecular weight excluding hydrogens is 395 g/mol. The van der Waals surface area contributed by atoms with Crippen molar-refractivity contribution in [2.24, 2.45) is 11.8 Å². The number of hydrogen-bond donors (Lipinski definition) is 2. The predicted octanol–water partition coefficient (Wildman–Crippen LogP) is 3.56. The van der Waals surface area contributed by atoms with Crippen LogP contribution in [0, 0.1) is 17.7 Å². The lowest BCUT2D eigenvalue weighted by atomic mass is 10.0. The molecule has 2 aliphatic rings. The van der Waals surface area contributed by atoms with Crippen molar-refractivity contribution in [3.63, 3.8) is 0 Å². The molecular formula is C24H25FN4O2. The second-order valence-corrected chi connectivity index (χ2v) is 8.35. The first-order valence-electron chi connectivity index (χ1n) is 10.8. The molecule has 31 heavy (non-hydrogen) atoms. The van der Waals surface area contributed by atoms with E-state index in [9.17, 15) is 9.18 Å². The Morgan fingerprint density at radius 1 is 1.19 bits per heavy atom. The van der Waals surface area contributed by atoms with E-state index in [1.54, 1.807) is 24.4 Å². The minimum absolute atomic E-state index is 0.142. The van der Waals surface area contributed by atoms with Crippen LogP contribution in [0.1, 0.15) is 30.1 Å². The van der Waals surface area contributed by atoms with Crippen molar-refractivity contribution in [2.45, 2.75) is 25.8 Å². The largest absolute Gasteiger partial charge is 0.478 e. The van der Waals surface area contributed by atoms with Gasteiger partial charge in [0.15, 0.2) is 0 Å². The molecule has 1 aliphatic heterocycles. The van der Waals surface area contributed by atoms with Gasteiger partial charge in [-0.2, -0.15) is 0 Å². The fourth-order valence-corrected chi connectivity index (χ4v) is 4.85. The monoisotopic (exact) mass is 420 g/mol. The van der Waals surface area contributed by atoms with Crippen molar-refractivity contribution in [1.29, 1.82) is 0 Å². The Kier molecular flexibility index (Phi) is 5.28. The summed E-state index contributed by atoms with van der Waals surface area (Å²) >= 11 is 0. The molecule has 2 N–H and O–H groups in total. The number of carbonyl (C=O) groups excluding carboxylic acids is 1. The molecule has 1 saturated heterocycles. The summed E-state index contributed by atoms with van der Waals surface area (Å²) in [5.41, 5.74) is 2.27. The highest BCUT2D eigenvalue weighted by atomic mass is 19.1. The molecule has 1 unspecified atom stereocenters. The van der Waals surface area contributed by atoms with Gasteiger partial charge in [0.1, 0.15) is 5.82 Å². The van der Waals surface area contributed by atoms with Gasteiger partial charge in [-0.05, 0) is 69.0 Å². The molecule has 3 atom stereocenters. The van der Waals surface area contributed by atoms with Crippen molar-refractivity contribution >= 4 is 16.8 Å². The smallest absolute Gasteiger partial charge is 0.252 e. The Labute approximate surface area is 180 Å². The van der Waals surface area contributed by atoms with E-state index in [2.05, 4.69) is 20.6 Å². The second-order valence-electron chi connectivity index (χ2n) is 8.35. The van der Waals surface area contributed by atoms with Gasteiger partial charge < -0.3 is 15.4 Å². The van der Waals surface area contributed by atoms with Crippen LogP contribution in [-0.2, 0) is 0 Å². The Morgan fingerprint density at radius 2 is 2.00 bits per heavy atom. The number of fused-ring (bicyclic) bond motifs is 2.